The highest BCUT2D eigenvalue weighted by Crippen LogP contribution is 2.38. The molecule has 0 aliphatic carbocycles. The third kappa shape index (κ3) is 4.65. The molecule has 1 atom stereocenters. The second-order valence-corrected chi connectivity index (χ2v) is 7.87. The Hall–Kier alpha value is -2.53. The zero-order chi connectivity index (χ0) is 20.3. The third-order valence-electron chi connectivity index (χ3n) is 4.68. The molecule has 2 aromatic carbocycles. The van der Waals surface area contributed by atoms with Gasteiger partial charge < -0.3 is 15.0 Å². The van der Waals surface area contributed by atoms with Crippen LogP contribution in [-0.4, -0.2) is 18.4 Å². The number of ether oxygens (including phenoxy) is 1. The molecule has 0 unspecified atom stereocenters. The lowest BCUT2D eigenvalue weighted by atomic mass is 10.1. The predicted molar refractivity (Wildman–Crippen MR) is 111 cm³/mol. The Morgan fingerprint density at radius 1 is 1.21 bits per heavy atom. The van der Waals surface area contributed by atoms with Crippen molar-refractivity contribution in [3.05, 3.63) is 58.6 Å². The summed E-state index contributed by atoms with van der Waals surface area (Å²) in [6, 6.07) is 12.4. The highest BCUT2D eigenvalue weighted by atomic mass is 35.5. The molecule has 1 N–H and O–H groups in total. The van der Waals surface area contributed by atoms with E-state index in [9.17, 15) is 9.59 Å². The van der Waals surface area contributed by atoms with Crippen LogP contribution in [0.2, 0.25) is 5.02 Å². The summed E-state index contributed by atoms with van der Waals surface area (Å²) < 4.78 is 5.75. The van der Waals surface area contributed by atoms with Crippen molar-refractivity contribution in [2.24, 2.45) is 5.92 Å². The average molecular weight is 401 g/mol. The van der Waals surface area contributed by atoms with E-state index >= 15 is 0 Å². The Morgan fingerprint density at radius 2 is 1.93 bits per heavy atom. The summed E-state index contributed by atoms with van der Waals surface area (Å²) in [5.74, 6) is 1.00. The van der Waals surface area contributed by atoms with Crippen LogP contribution in [0.5, 0.6) is 5.75 Å². The molecular formula is C22H25ClN2O3. The van der Waals surface area contributed by atoms with E-state index in [1.54, 1.807) is 17.0 Å². The maximum atomic E-state index is 12.9. The van der Waals surface area contributed by atoms with Crippen LogP contribution in [0.15, 0.2) is 42.5 Å². The Bertz CT molecular complexity index is 865. The Kier molecular flexibility index (Phi) is 6.25. The maximum Gasteiger partial charge on any atom is 0.254 e. The highest BCUT2D eigenvalue weighted by Gasteiger charge is 2.37. The highest BCUT2D eigenvalue weighted by molar-refractivity contribution is 6.31. The van der Waals surface area contributed by atoms with E-state index in [-0.39, 0.29) is 11.8 Å². The van der Waals surface area contributed by atoms with E-state index in [4.69, 9.17) is 16.3 Å². The van der Waals surface area contributed by atoms with Gasteiger partial charge in [0.2, 0.25) is 5.91 Å². The molecule has 0 spiro atoms. The predicted octanol–water partition coefficient (Wildman–Crippen LogP) is 4.49. The summed E-state index contributed by atoms with van der Waals surface area (Å²) >= 11 is 6.10. The number of anilines is 1. The summed E-state index contributed by atoms with van der Waals surface area (Å²) in [4.78, 5) is 26.2. The molecule has 1 heterocycles. The lowest BCUT2D eigenvalue weighted by Crippen LogP contribution is -2.36. The Morgan fingerprint density at radius 3 is 2.57 bits per heavy atom. The zero-order valence-corrected chi connectivity index (χ0v) is 17.1. The van der Waals surface area contributed by atoms with E-state index in [0.717, 1.165) is 29.0 Å². The lowest BCUT2D eigenvalue weighted by Gasteiger charge is -2.18. The Labute approximate surface area is 170 Å². The van der Waals surface area contributed by atoms with Crippen molar-refractivity contribution in [2.45, 2.75) is 39.8 Å². The summed E-state index contributed by atoms with van der Waals surface area (Å²) in [7, 11) is 0. The molecule has 2 amide bonds. The van der Waals surface area contributed by atoms with Crippen LogP contribution in [0.3, 0.4) is 0 Å². The number of rotatable bonds is 7. The SMILES string of the molecule is CC(=O)N[C@@H]1C(=O)N(Cc2ccc(OCCC(C)C)cc2)c2ccc(Cl)cc21. The maximum absolute atomic E-state index is 12.9. The molecule has 6 heteroatoms. The minimum atomic E-state index is -0.704. The van der Waals surface area contributed by atoms with E-state index in [0.29, 0.717) is 24.1 Å². The van der Waals surface area contributed by atoms with Crippen LogP contribution < -0.4 is 15.0 Å². The topological polar surface area (TPSA) is 58.6 Å². The van der Waals surface area contributed by atoms with Gasteiger partial charge in [-0.1, -0.05) is 37.6 Å². The number of halogens is 1. The number of hydrogen-bond acceptors (Lipinski definition) is 3. The second-order valence-electron chi connectivity index (χ2n) is 7.44. The molecule has 28 heavy (non-hydrogen) atoms. The fourth-order valence-corrected chi connectivity index (χ4v) is 3.38. The molecule has 0 aromatic heterocycles. The number of nitrogens with one attached hydrogen (secondary N) is 1. The van der Waals surface area contributed by atoms with Gasteiger partial charge in [0, 0.05) is 23.2 Å². The standard InChI is InChI=1S/C22H25ClN2O3/c1-14(2)10-11-28-18-7-4-16(5-8-18)13-25-20-9-6-17(23)12-19(20)21(22(25)27)24-15(3)26/h4-9,12,14,21H,10-11,13H2,1-3H3,(H,24,26)/t21-/m0/s1. The number of benzene rings is 2. The first kappa shape index (κ1) is 20.2. The minimum Gasteiger partial charge on any atom is -0.494 e. The van der Waals surface area contributed by atoms with Gasteiger partial charge in [-0.25, -0.2) is 0 Å². The van der Waals surface area contributed by atoms with Crippen molar-refractivity contribution in [3.8, 4) is 5.75 Å². The summed E-state index contributed by atoms with van der Waals surface area (Å²) in [5.41, 5.74) is 2.47. The quantitative estimate of drug-likeness (QED) is 0.744. The molecule has 1 aliphatic heterocycles. The second kappa shape index (κ2) is 8.65. The fraction of sp³-hybridized carbons (Fsp3) is 0.364. The average Bonchev–Trinajstić information content (AvgIpc) is 2.87. The lowest BCUT2D eigenvalue weighted by molar-refractivity contribution is -0.126. The van der Waals surface area contributed by atoms with E-state index in [1.165, 1.54) is 6.92 Å². The van der Waals surface area contributed by atoms with Crippen molar-refractivity contribution in [3.63, 3.8) is 0 Å². The van der Waals surface area contributed by atoms with Gasteiger partial charge in [0.15, 0.2) is 0 Å². The molecule has 0 bridgehead atoms. The van der Waals surface area contributed by atoms with Gasteiger partial charge in [0.05, 0.1) is 13.2 Å². The molecule has 0 fully saturated rings. The van der Waals surface area contributed by atoms with E-state index < -0.39 is 6.04 Å². The van der Waals surface area contributed by atoms with Gasteiger partial charge in [-0.05, 0) is 48.2 Å². The number of carbonyl (C=O) groups is 2. The molecule has 1 aliphatic rings. The molecule has 0 saturated carbocycles. The molecule has 0 radical (unpaired) electrons. The summed E-state index contributed by atoms with van der Waals surface area (Å²) in [6.45, 7) is 6.83. The number of hydrogen-bond donors (Lipinski definition) is 1. The van der Waals surface area contributed by atoms with Gasteiger partial charge in [-0.15, -0.1) is 0 Å². The summed E-state index contributed by atoms with van der Waals surface area (Å²) in [5, 5.41) is 3.26. The third-order valence-corrected chi connectivity index (χ3v) is 4.92. The number of amides is 2. The van der Waals surface area contributed by atoms with Crippen molar-refractivity contribution in [1.29, 1.82) is 0 Å². The molecule has 2 aromatic rings. The largest absolute Gasteiger partial charge is 0.494 e. The first-order chi connectivity index (χ1) is 13.3. The van der Waals surface area contributed by atoms with Crippen molar-refractivity contribution >= 4 is 29.1 Å². The van der Waals surface area contributed by atoms with Crippen LogP contribution in [0.1, 0.15) is 44.4 Å². The van der Waals surface area contributed by atoms with Gasteiger partial charge in [-0.3, -0.25) is 9.59 Å². The van der Waals surface area contributed by atoms with Crippen LogP contribution in [0, 0.1) is 5.92 Å². The van der Waals surface area contributed by atoms with E-state index in [2.05, 4.69) is 19.2 Å². The van der Waals surface area contributed by atoms with Crippen molar-refractivity contribution in [2.75, 3.05) is 11.5 Å². The number of carbonyl (C=O) groups excluding carboxylic acids is 2. The first-order valence-electron chi connectivity index (χ1n) is 9.45. The monoisotopic (exact) mass is 400 g/mol. The molecule has 3 rings (SSSR count). The van der Waals surface area contributed by atoms with E-state index in [1.807, 2.05) is 30.3 Å². The van der Waals surface area contributed by atoms with Gasteiger partial charge in [0.25, 0.3) is 5.91 Å². The van der Waals surface area contributed by atoms with Crippen molar-refractivity contribution in [1.82, 2.24) is 5.32 Å². The minimum absolute atomic E-state index is 0.162. The normalized spacial score (nSPS) is 15.7. The van der Waals surface area contributed by atoms with Crippen molar-refractivity contribution < 1.29 is 14.3 Å². The van der Waals surface area contributed by atoms with Gasteiger partial charge in [0.1, 0.15) is 11.8 Å². The molecule has 0 saturated heterocycles. The fourth-order valence-electron chi connectivity index (χ4n) is 3.20. The van der Waals surface area contributed by atoms with Crippen LogP contribution in [0.4, 0.5) is 5.69 Å². The van der Waals surface area contributed by atoms with Crippen LogP contribution >= 0.6 is 11.6 Å². The molecule has 148 valence electrons. The molecular weight excluding hydrogens is 376 g/mol. The van der Waals surface area contributed by atoms with Gasteiger partial charge in [-0.2, -0.15) is 0 Å². The van der Waals surface area contributed by atoms with Crippen LogP contribution in [0.25, 0.3) is 0 Å². The zero-order valence-electron chi connectivity index (χ0n) is 16.4. The first-order valence-corrected chi connectivity index (χ1v) is 9.82. The van der Waals surface area contributed by atoms with Gasteiger partial charge >= 0.3 is 0 Å². The number of nitrogens with zero attached hydrogens (tertiary/aromatic N) is 1. The van der Waals surface area contributed by atoms with Crippen LogP contribution in [-0.2, 0) is 16.1 Å². The number of fused-ring (bicyclic) bond motifs is 1. The Balaban J connectivity index is 1.75. The molecule has 5 nitrogen and oxygen atoms in total. The summed E-state index contributed by atoms with van der Waals surface area (Å²) in [6.07, 6.45) is 1.01. The smallest absolute Gasteiger partial charge is 0.254 e.